The number of primary amides is 1. The summed E-state index contributed by atoms with van der Waals surface area (Å²) < 4.78 is 15.0. The van der Waals surface area contributed by atoms with Gasteiger partial charge in [-0.2, -0.15) is 5.10 Å². The van der Waals surface area contributed by atoms with Crippen LogP contribution in [-0.2, 0) is 16.0 Å². The summed E-state index contributed by atoms with van der Waals surface area (Å²) in [7, 11) is 0. The summed E-state index contributed by atoms with van der Waals surface area (Å²) in [6.07, 6.45) is 1.67. The number of nitrogens with two attached hydrogens (primary N) is 1. The molecule has 8 heteroatoms. The highest BCUT2D eigenvalue weighted by molar-refractivity contribution is 6.38. The van der Waals surface area contributed by atoms with Gasteiger partial charge in [-0.25, -0.2) is 4.39 Å². The first-order valence-corrected chi connectivity index (χ1v) is 9.79. The average Bonchev–Trinajstić information content (AvgIpc) is 3.20. The number of aromatic nitrogens is 2. The van der Waals surface area contributed by atoms with E-state index < -0.39 is 29.5 Å². The lowest BCUT2D eigenvalue weighted by Gasteiger charge is -2.16. The number of carbonyl (C=O) groups is 3. The first-order valence-electron chi connectivity index (χ1n) is 9.79. The smallest absolute Gasteiger partial charge is 0.287 e. The lowest BCUT2D eigenvalue weighted by atomic mass is 10.0. The molecule has 1 atom stereocenters. The SMILES string of the molecule is CC(C)n1cc(C(=O)NC(Cc2ccccc2)C(=O)C(N)=O)c(-c2ccc(F)cc2)n1. The van der Waals surface area contributed by atoms with E-state index in [4.69, 9.17) is 5.73 Å². The Morgan fingerprint density at radius 3 is 2.29 bits per heavy atom. The van der Waals surface area contributed by atoms with Crippen LogP contribution in [0.25, 0.3) is 11.3 Å². The number of rotatable bonds is 8. The second kappa shape index (κ2) is 9.34. The third kappa shape index (κ3) is 5.22. The number of benzene rings is 2. The molecule has 2 aromatic carbocycles. The largest absolute Gasteiger partial charge is 0.363 e. The summed E-state index contributed by atoms with van der Waals surface area (Å²) in [6.45, 7) is 3.80. The van der Waals surface area contributed by atoms with Crippen LogP contribution in [0.4, 0.5) is 4.39 Å². The highest BCUT2D eigenvalue weighted by Crippen LogP contribution is 2.24. The minimum Gasteiger partial charge on any atom is -0.363 e. The molecular weight excluding hydrogens is 399 g/mol. The molecule has 0 spiro atoms. The Balaban J connectivity index is 1.94. The zero-order chi connectivity index (χ0) is 22.5. The van der Waals surface area contributed by atoms with Crippen molar-refractivity contribution < 1.29 is 18.8 Å². The van der Waals surface area contributed by atoms with Crippen LogP contribution in [0.15, 0.2) is 60.8 Å². The molecule has 2 amide bonds. The second-order valence-electron chi connectivity index (χ2n) is 7.42. The van der Waals surface area contributed by atoms with Crippen LogP contribution in [0.2, 0.25) is 0 Å². The topological polar surface area (TPSA) is 107 Å². The molecule has 0 fully saturated rings. The minimum absolute atomic E-state index is 0.0342. The van der Waals surface area contributed by atoms with Gasteiger partial charge in [-0.15, -0.1) is 0 Å². The van der Waals surface area contributed by atoms with E-state index in [-0.39, 0.29) is 18.0 Å². The normalized spacial score (nSPS) is 11.9. The molecule has 3 rings (SSSR count). The number of hydrogen-bond acceptors (Lipinski definition) is 4. The molecule has 0 saturated heterocycles. The fourth-order valence-electron chi connectivity index (χ4n) is 3.11. The van der Waals surface area contributed by atoms with Gasteiger partial charge in [0.2, 0.25) is 5.78 Å². The molecule has 1 aromatic heterocycles. The van der Waals surface area contributed by atoms with Gasteiger partial charge in [0.05, 0.1) is 5.56 Å². The van der Waals surface area contributed by atoms with Gasteiger partial charge in [-0.1, -0.05) is 30.3 Å². The second-order valence-corrected chi connectivity index (χ2v) is 7.42. The van der Waals surface area contributed by atoms with Gasteiger partial charge in [0.1, 0.15) is 17.6 Å². The summed E-state index contributed by atoms with van der Waals surface area (Å²) in [4.78, 5) is 37.0. The van der Waals surface area contributed by atoms with Crippen LogP contribution in [-0.4, -0.2) is 33.4 Å². The number of nitrogens with one attached hydrogen (secondary N) is 1. The van der Waals surface area contributed by atoms with Crippen LogP contribution in [0.1, 0.15) is 35.8 Å². The Labute approximate surface area is 179 Å². The molecule has 7 nitrogen and oxygen atoms in total. The lowest BCUT2D eigenvalue weighted by Crippen LogP contribution is -2.47. The zero-order valence-corrected chi connectivity index (χ0v) is 17.2. The minimum atomic E-state index is -1.13. The Hall–Kier alpha value is -3.81. The molecule has 0 aliphatic carbocycles. The Bertz CT molecular complexity index is 1090. The van der Waals surface area contributed by atoms with Gasteiger partial charge in [0, 0.05) is 24.2 Å². The summed E-state index contributed by atoms with van der Waals surface area (Å²) in [5.41, 5.74) is 7.05. The number of ketones is 1. The number of nitrogens with zero attached hydrogens (tertiary/aromatic N) is 2. The molecule has 0 aliphatic rings. The fraction of sp³-hybridized carbons (Fsp3) is 0.217. The van der Waals surface area contributed by atoms with Crippen molar-refractivity contribution in [2.75, 3.05) is 0 Å². The van der Waals surface area contributed by atoms with Crippen molar-refractivity contribution >= 4 is 17.6 Å². The van der Waals surface area contributed by atoms with E-state index in [9.17, 15) is 18.8 Å². The van der Waals surface area contributed by atoms with E-state index in [0.717, 1.165) is 5.56 Å². The molecule has 3 N–H and O–H groups in total. The van der Waals surface area contributed by atoms with E-state index in [1.54, 1.807) is 35.1 Å². The Morgan fingerprint density at radius 2 is 1.71 bits per heavy atom. The number of Topliss-reactive ketones (excluding diaryl/α,β-unsaturated/α-hetero) is 1. The van der Waals surface area contributed by atoms with Crippen LogP contribution in [0.5, 0.6) is 0 Å². The third-order valence-corrected chi connectivity index (χ3v) is 4.77. The predicted molar refractivity (Wildman–Crippen MR) is 114 cm³/mol. The molecule has 1 heterocycles. The van der Waals surface area contributed by atoms with E-state index in [1.807, 2.05) is 19.9 Å². The molecule has 0 saturated carbocycles. The van der Waals surface area contributed by atoms with E-state index in [2.05, 4.69) is 10.4 Å². The molecule has 160 valence electrons. The quantitative estimate of drug-likeness (QED) is 0.544. The van der Waals surface area contributed by atoms with Crippen molar-refractivity contribution in [1.29, 1.82) is 0 Å². The van der Waals surface area contributed by atoms with Gasteiger partial charge in [-0.05, 0) is 43.7 Å². The fourth-order valence-corrected chi connectivity index (χ4v) is 3.11. The average molecular weight is 422 g/mol. The maximum Gasteiger partial charge on any atom is 0.287 e. The van der Waals surface area contributed by atoms with Gasteiger partial charge < -0.3 is 11.1 Å². The van der Waals surface area contributed by atoms with E-state index in [0.29, 0.717) is 11.3 Å². The van der Waals surface area contributed by atoms with E-state index in [1.165, 1.54) is 24.3 Å². The van der Waals surface area contributed by atoms with Gasteiger partial charge >= 0.3 is 0 Å². The number of halogens is 1. The first-order chi connectivity index (χ1) is 14.8. The van der Waals surface area contributed by atoms with Crippen molar-refractivity contribution in [2.24, 2.45) is 5.73 Å². The molecule has 0 bridgehead atoms. The Morgan fingerprint density at radius 1 is 1.06 bits per heavy atom. The molecule has 3 aromatic rings. The summed E-state index contributed by atoms with van der Waals surface area (Å²) in [6, 6.07) is 13.4. The van der Waals surface area contributed by atoms with E-state index >= 15 is 0 Å². The molecule has 0 radical (unpaired) electrons. The predicted octanol–water partition coefficient (Wildman–Crippen LogP) is 2.67. The summed E-state index contributed by atoms with van der Waals surface area (Å²) >= 11 is 0. The summed E-state index contributed by atoms with van der Waals surface area (Å²) in [5.74, 6) is -3.01. The molecule has 0 aliphatic heterocycles. The van der Waals surface area contributed by atoms with Crippen molar-refractivity contribution in [3.63, 3.8) is 0 Å². The maximum absolute atomic E-state index is 13.4. The number of carbonyl (C=O) groups excluding carboxylic acids is 3. The molecule has 1 unspecified atom stereocenters. The summed E-state index contributed by atoms with van der Waals surface area (Å²) in [5, 5.41) is 7.08. The first kappa shape index (κ1) is 21.9. The van der Waals surface area contributed by atoms with Gasteiger partial charge in [-0.3, -0.25) is 19.1 Å². The monoisotopic (exact) mass is 422 g/mol. The van der Waals surface area contributed by atoms with Crippen LogP contribution < -0.4 is 11.1 Å². The van der Waals surface area contributed by atoms with Crippen LogP contribution >= 0.6 is 0 Å². The van der Waals surface area contributed by atoms with Crippen molar-refractivity contribution in [3.8, 4) is 11.3 Å². The van der Waals surface area contributed by atoms with Crippen LogP contribution in [0.3, 0.4) is 0 Å². The highest BCUT2D eigenvalue weighted by Gasteiger charge is 2.28. The van der Waals surface area contributed by atoms with Crippen LogP contribution in [0, 0.1) is 5.82 Å². The van der Waals surface area contributed by atoms with Crippen molar-refractivity contribution in [1.82, 2.24) is 15.1 Å². The molecule has 31 heavy (non-hydrogen) atoms. The molecular formula is C23H23FN4O3. The van der Waals surface area contributed by atoms with Gasteiger partial charge in [0.25, 0.3) is 11.8 Å². The highest BCUT2D eigenvalue weighted by atomic mass is 19.1. The third-order valence-electron chi connectivity index (χ3n) is 4.77. The van der Waals surface area contributed by atoms with Gasteiger partial charge in [0.15, 0.2) is 0 Å². The standard InChI is InChI=1S/C23H23FN4O3/c1-14(2)28-13-18(20(27-28)16-8-10-17(24)11-9-16)23(31)26-19(21(29)22(25)30)12-15-6-4-3-5-7-15/h3-11,13-14,19H,12H2,1-2H3,(H2,25,30)(H,26,31). The van der Waals surface area contributed by atoms with Crippen molar-refractivity contribution in [2.45, 2.75) is 32.4 Å². The number of hydrogen-bond donors (Lipinski definition) is 2. The zero-order valence-electron chi connectivity index (χ0n) is 17.2. The maximum atomic E-state index is 13.4. The number of amides is 2. The Kier molecular flexibility index (Phi) is 6.59. The lowest BCUT2D eigenvalue weighted by molar-refractivity contribution is -0.137. The van der Waals surface area contributed by atoms with Crippen molar-refractivity contribution in [3.05, 3.63) is 77.7 Å².